The van der Waals surface area contributed by atoms with Crippen molar-refractivity contribution in [2.24, 2.45) is 5.73 Å². The fourth-order valence-corrected chi connectivity index (χ4v) is 6.20. The van der Waals surface area contributed by atoms with Crippen molar-refractivity contribution in [1.82, 2.24) is 15.0 Å². The Morgan fingerprint density at radius 3 is 2.50 bits per heavy atom. The van der Waals surface area contributed by atoms with Crippen LogP contribution in [0.3, 0.4) is 0 Å². The van der Waals surface area contributed by atoms with E-state index in [9.17, 15) is 14.0 Å². The van der Waals surface area contributed by atoms with E-state index in [2.05, 4.69) is 23.8 Å². The lowest BCUT2D eigenvalue weighted by atomic mass is 9.86. The monoisotopic (exact) mass is 630 g/mol. The largest absolute Gasteiger partial charge is 0.460 e. The SMILES string of the molecule is CC(C)c1nc2c(c(-c3ccc(F)cc3)c1C=C[C@@H]1C[C@H](CC(=O)OC(C)(C)C)OC(C)(C)O1)CCCc1nc(C(N)=O)ncc1-2. The van der Waals surface area contributed by atoms with Crippen molar-refractivity contribution in [2.45, 2.75) is 110 Å². The van der Waals surface area contributed by atoms with Crippen molar-refractivity contribution < 1.29 is 28.2 Å². The van der Waals surface area contributed by atoms with E-state index in [0.717, 1.165) is 51.3 Å². The lowest BCUT2D eigenvalue weighted by Gasteiger charge is -2.39. The zero-order valence-corrected chi connectivity index (χ0v) is 27.6. The molecule has 1 fully saturated rings. The fraction of sp³-hybridized carbons (Fsp3) is 0.472. The lowest BCUT2D eigenvalue weighted by molar-refractivity contribution is -0.290. The Hall–Kier alpha value is -4.02. The molecule has 1 aliphatic heterocycles. The molecule has 1 aliphatic carbocycles. The Morgan fingerprint density at radius 2 is 1.85 bits per heavy atom. The molecule has 1 amide bonds. The van der Waals surface area contributed by atoms with Crippen LogP contribution in [0.4, 0.5) is 4.39 Å². The van der Waals surface area contributed by atoms with Gasteiger partial charge in [0.1, 0.15) is 11.4 Å². The highest BCUT2D eigenvalue weighted by molar-refractivity contribution is 5.90. The number of carbonyl (C=O) groups excluding carboxylic acids is 2. The standard InChI is InChI=1S/C36H43FN4O5/c1-20(2)31-26(16-15-23-17-24(45-36(6,7)44-23)18-29(42)46-35(3,4)5)30(21-11-13-22(37)14-12-21)25-9-8-10-28-27(32(25)41-31)19-39-34(40-28)33(38)43/h11-16,19-20,23-24H,8-10,17-18H2,1-7H3,(H2,38,43)/t23-,24-/m1/s1. The Bertz CT molecular complexity index is 1660. The van der Waals surface area contributed by atoms with E-state index in [1.165, 1.54) is 12.1 Å². The molecule has 3 heterocycles. The molecule has 2 aromatic heterocycles. The number of hydrogen-bond acceptors (Lipinski definition) is 8. The van der Waals surface area contributed by atoms with Gasteiger partial charge in [0, 0.05) is 23.7 Å². The van der Waals surface area contributed by atoms with Gasteiger partial charge in [-0.25, -0.2) is 14.4 Å². The highest BCUT2D eigenvalue weighted by Crippen LogP contribution is 2.42. The first-order valence-corrected chi connectivity index (χ1v) is 15.8. The predicted molar refractivity (Wildman–Crippen MR) is 173 cm³/mol. The summed E-state index contributed by atoms with van der Waals surface area (Å²) in [6.45, 7) is 13.4. The normalized spacial score (nSPS) is 19.4. The molecule has 3 aromatic rings. The van der Waals surface area contributed by atoms with Crippen molar-refractivity contribution in [3.05, 3.63) is 70.7 Å². The zero-order valence-electron chi connectivity index (χ0n) is 27.6. The number of ether oxygens (including phenoxy) is 3. The first kappa shape index (κ1) is 33.3. The number of benzene rings is 1. The summed E-state index contributed by atoms with van der Waals surface area (Å²) in [5.41, 5.74) is 11.7. The van der Waals surface area contributed by atoms with E-state index in [1.54, 1.807) is 18.3 Å². The zero-order chi connectivity index (χ0) is 33.4. The minimum absolute atomic E-state index is 0.0195. The van der Waals surface area contributed by atoms with E-state index in [4.69, 9.17) is 24.9 Å². The third-order valence-electron chi connectivity index (χ3n) is 7.90. The molecular formula is C36H43FN4O5. The number of aromatic nitrogens is 3. The quantitative estimate of drug-likeness (QED) is 0.286. The maximum atomic E-state index is 14.2. The van der Waals surface area contributed by atoms with E-state index >= 15 is 0 Å². The summed E-state index contributed by atoms with van der Waals surface area (Å²) in [6, 6.07) is 6.50. The van der Waals surface area contributed by atoms with E-state index in [0.29, 0.717) is 19.3 Å². The van der Waals surface area contributed by atoms with Crippen LogP contribution in [0.25, 0.3) is 28.5 Å². The average molecular weight is 631 g/mol. The number of esters is 1. The lowest BCUT2D eigenvalue weighted by Crippen LogP contribution is -2.45. The second kappa shape index (κ2) is 13.0. The molecule has 10 heteroatoms. The number of nitrogens with zero attached hydrogens (tertiary/aromatic N) is 3. The Morgan fingerprint density at radius 1 is 1.13 bits per heavy atom. The summed E-state index contributed by atoms with van der Waals surface area (Å²) in [5.74, 6) is -2.23. The van der Waals surface area contributed by atoms with Crippen LogP contribution in [0.2, 0.25) is 0 Å². The fourth-order valence-electron chi connectivity index (χ4n) is 6.20. The predicted octanol–water partition coefficient (Wildman–Crippen LogP) is 6.71. The van der Waals surface area contributed by atoms with Crippen molar-refractivity contribution in [3.63, 3.8) is 0 Å². The number of amides is 1. The van der Waals surface area contributed by atoms with Crippen LogP contribution in [-0.4, -0.2) is 50.4 Å². The number of nitrogens with two attached hydrogens (primary N) is 1. The van der Waals surface area contributed by atoms with Gasteiger partial charge in [0.05, 0.1) is 35.7 Å². The third-order valence-corrected chi connectivity index (χ3v) is 7.90. The maximum absolute atomic E-state index is 14.2. The van der Waals surface area contributed by atoms with Gasteiger partial charge >= 0.3 is 5.97 Å². The van der Waals surface area contributed by atoms with Crippen LogP contribution >= 0.6 is 0 Å². The van der Waals surface area contributed by atoms with Gasteiger partial charge in [0.15, 0.2) is 5.79 Å². The first-order chi connectivity index (χ1) is 21.6. The Balaban J connectivity index is 1.61. The molecular weight excluding hydrogens is 587 g/mol. The molecule has 0 unspecified atom stereocenters. The molecule has 2 atom stereocenters. The molecule has 0 spiro atoms. The van der Waals surface area contributed by atoms with Crippen molar-refractivity contribution in [3.8, 4) is 22.4 Å². The molecule has 0 bridgehead atoms. The molecule has 46 heavy (non-hydrogen) atoms. The number of pyridine rings is 1. The van der Waals surface area contributed by atoms with Crippen LogP contribution in [0, 0.1) is 5.82 Å². The van der Waals surface area contributed by atoms with E-state index in [-0.39, 0.29) is 42.2 Å². The minimum Gasteiger partial charge on any atom is -0.460 e. The van der Waals surface area contributed by atoms with Crippen LogP contribution in [-0.2, 0) is 31.8 Å². The van der Waals surface area contributed by atoms with E-state index < -0.39 is 17.3 Å². The van der Waals surface area contributed by atoms with Gasteiger partial charge < -0.3 is 19.9 Å². The topological polar surface area (TPSA) is 127 Å². The summed E-state index contributed by atoms with van der Waals surface area (Å²) in [5, 5.41) is 0. The van der Waals surface area contributed by atoms with Crippen molar-refractivity contribution >= 4 is 18.0 Å². The molecule has 5 rings (SSSR count). The summed E-state index contributed by atoms with van der Waals surface area (Å²) < 4.78 is 32.1. The van der Waals surface area contributed by atoms with Gasteiger partial charge in [0.25, 0.3) is 5.91 Å². The molecule has 0 radical (unpaired) electrons. The van der Waals surface area contributed by atoms with Gasteiger partial charge in [0.2, 0.25) is 5.82 Å². The summed E-state index contributed by atoms with van der Waals surface area (Å²) >= 11 is 0. The van der Waals surface area contributed by atoms with Gasteiger partial charge in [-0.3, -0.25) is 14.6 Å². The summed E-state index contributed by atoms with van der Waals surface area (Å²) in [7, 11) is 0. The number of carbonyl (C=O) groups is 2. The molecule has 2 aliphatic rings. The number of halogens is 1. The van der Waals surface area contributed by atoms with Gasteiger partial charge in [-0.05, 0) is 88.6 Å². The van der Waals surface area contributed by atoms with Crippen LogP contribution in [0.1, 0.15) is 107 Å². The summed E-state index contributed by atoms with van der Waals surface area (Å²) in [6.07, 6.45) is 7.60. The Labute approximate surface area is 269 Å². The molecule has 2 N–H and O–H groups in total. The summed E-state index contributed by atoms with van der Waals surface area (Å²) in [4.78, 5) is 38.5. The molecule has 244 valence electrons. The maximum Gasteiger partial charge on any atom is 0.308 e. The van der Waals surface area contributed by atoms with Gasteiger partial charge in [-0.2, -0.15) is 0 Å². The first-order valence-electron chi connectivity index (χ1n) is 15.8. The third kappa shape index (κ3) is 7.67. The second-order valence-electron chi connectivity index (χ2n) is 13.7. The average Bonchev–Trinajstić information content (AvgIpc) is 3.12. The van der Waals surface area contributed by atoms with E-state index in [1.807, 2.05) is 46.8 Å². The highest BCUT2D eigenvalue weighted by atomic mass is 19.1. The van der Waals surface area contributed by atoms with Crippen molar-refractivity contribution in [2.75, 3.05) is 0 Å². The van der Waals surface area contributed by atoms with Crippen LogP contribution < -0.4 is 5.73 Å². The van der Waals surface area contributed by atoms with Crippen molar-refractivity contribution in [1.29, 1.82) is 0 Å². The van der Waals surface area contributed by atoms with Crippen LogP contribution in [0.5, 0.6) is 0 Å². The minimum atomic E-state index is -0.917. The number of rotatable bonds is 7. The Kier molecular flexibility index (Phi) is 9.42. The molecule has 0 saturated carbocycles. The van der Waals surface area contributed by atoms with Crippen LogP contribution in [0.15, 0.2) is 36.5 Å². The number of aryl methyl sites for hydroxylation is 1. The molecule has 1 saturated heterocycles. The molecule has 9 nitrogen and oxygen atoms in total. The molecule has 1 aromatic carbocycles. The van der Waals surface area contributed by atoms with Gasteiger partial charge in [-0.1, -0.05) is 38.1 Å². The number of hydrogen-bond donors (Lipinski definition) is 1. The second-order valence-corrected chi connectivity index (χ2v) is 13.7. The number of fused-ring (bicyclic) bond motifs is 3. The highest BCUT2D eigenvalue weighted by Gasteiger charge is 2.36. The smallest absolute Gasteiger partial charge is 0.308 e. The number of primary amides is 1. The van der Waals surface area contributed by atoms with Gasteiger partial charge in [-0.15, -0.1) is 0 Å².